The van der Waals surface area contributed by atoms with E-state index in [2.05, 4.69) is 21.2 Å². The molecule has 0 aliphatic carbocycles. The van der Waals surface area contributed by atoms with Crippen LogP contribution in [-0.4, -0.2) is 25.2 Å². The molecule has 1 amide bonds. The predicted molar refractivity (Wildman–Crippen MR) is 88.8 cm³/mol. The van der Waals surface area contributed by atoms with Gasteiger partial charge < -0.3 is 19.5 Å². The van der Waals surface area contributed by atoms with E-state index in [1.54, 1.807) is 36.4 Å². The van der Waals surface area contributed by atoms with Crippen LogP contribution in [-0.2, 0) is 16.1 Å². The van der Waals surface area contributed by atoms with E-state index in [1.807, 2.05) is 6.07 Å². The number of hydrogen-bond donors (Lipinski definition) is 1. The Morgan fingerprint density at radius 1 is 1.12 bits per heavy atom. The zero-order chi connectivity index (χ0) is 16.9. The maximum absolute atomic E-state index is 11.8. The van der Waals surface area contributed by atoms with Crippen LogP contribution in [0.2, 0.25) is 0 Å². The van der Waals surface area contributed by atoms with E-state index in [1.165, 1.54) is 0 Å². The molecule has 1 heterocycles. The van der Waals surface area contributed by atoms with E-state index in [0.29, 0.717) is 17.1 Å². The molecular formula is C17H14BrNO5. The van der Waals surface area contributed by atoms with Gasteiger partial charge in [-0.3, -0.25) is 9.59 Å². The number of rotatable bonds is 5. The van der Waals surface area contributed by atoms with Gasteiger partial charge >= 0.3 is 5.97 Å². The van der Waals surface area contributed by atoms with Crippen molar-refractivity contribution in [1.29, 1.82) is 0 Å². The smallest absolute Gasteiger partial charge is 0.325 e. The number of hydrogen-bond acceptors (Lipinski definition) is 5. The molecule has 0 saturated heterocycles. The summed E-state index contributed by atoms with van der Waals surface area (Å²) in [4.78, 5) is 23.6. The summed E-state index contributed by atoms with van der Waals surface area (Å²) >= 11 is 3.40. The van der Waals surface area contributed by atoms with Crippen molar-refractivity contribution in [3.8, 4) is 11.5 Å². The minimum Gasteiger partial charge on any atom is -0.459 e. The highest BCUT2D eigenvalue weighted by Crippen LogP contribution is 2.37. The number of carbonyl (C=O) groups excluding carboxylic acids is 2. The van der Waals surface area contributed by atoms with Gasteiger partial charge in [-0.15, -0.1) is 0 Å². The number of benzene rings is 2. The molecule has 124 valence electrons. The molecule has 0 saturated carbocycles. The molecule has 0 fully saturated rings. The number of ether oxygens (including phenoxy) is 3. The largest absolute Gasteiger partial charge is 0.459 e. The number of fused-ring (bicyclic) bond motifs is 1. The fourth-order valence-electron chi connectivity index (χ4n) is 2.12. The summed E-state index contributed by atoms with van der Waals surface area (Å²) in [7, 11) is 0. The van der Waals surface area contributed by atoms with Gasteiger partial charge in [0.15, 0.2) is 11.5 Å². The number of nitrogens with one attached hydrogen (secondary N) is 1. The molecule has 3 rings (SSSR count). The van der Waals surface area contributed by atoms with Crippen molar-refractivity contribution in [3.05, 3.63) is 58.1 Å². The lowest BCUT2D eigenvalue weighted by Gasteiger charge is -2.09. The Kier molecular flexibility index (Phi) is 5.00. The molecule has 0 unspecified atom stereocenters. The fourth-order valence-corrected chi connectivity index (χ4v) is 2.56. The zero-order valence-electron chi connectivity index (χ0n) is 12.6. The molecule has 24 heavy (non-hydrogen) atoms. The number of amides is 1. The predicted octanol–water partition coefficient (Wildman–Crippen LogP) is 2.65. The van der Waals surface area contributed by atoms with Gasteiger partial charge in [-0.2, -0.15) is 0 Å². The third-order valence-electron chi connectivity index (χ3n) is 3.36. The molecule has 0 atom stereocenters. The topological polar surface area (TPSA) is 73.9 Å². The van der Waals surface area contributed by atoms with Crippen LogP contribution in [0.5, 0.6) is 11.5 Å². The number of halogens is 1. The van der Waals surface area contributed by atoms with Crippen LogP contribution in [0, 0.1) is 0 Å². The molecule has 1 N–H and O–H groups in total. The molecule has 6 nitrogen and oxygen atoms in total. The van der Waals surface area contributed by atoms with E-state index in [0.717, 1.165) is 10.0 Å². The first-order chi connectivity index (χ1) is 11.6. The van der Waals surface area contributed by atoms with Crippen LogP contribution in [0.4, 0.5) is 0 Å². The summed E-state index contributed by atoms with van der Waals surface area (Å²) in [5.41, 5.74) is 1.24. The second-order valence-electron chi connectivity index (χ2n) is 5.01. The summed E-state index contributed by atoms with van der Waals surface area (Å²) in [6.45, 7) is 0.0453. The van der Waals surface area contributed by atoms with Gasteiger partial charge in [-0.05, 0) is 24.3 Å². The summed E-state index contributed by atoms with van der Waals surface area (Å²) in [5.74, 6) is 0.411. The Hall–Kier alpha value is -2.54. The van der Waals surface area contributed by atoms with Crippen molar-refractivity contribution in [2.45, 2.75) is 6.61 Å². The molecule has 0 spiro atoms. The minimum absolute atomic E-state index is 0.0667. The third-order valence-corrected chi connectivity index (χ3v) is 4.10. The zero-order valence-corrected chi connectivity index (χ0v) is 14.2. The Bertz CT molecular complexity index is 763. The Labute approximate surface area is 146 Å². The van der Waals surface area contributed by atoms with Crippen molar-refractivity contribution < 1.29 is 23.8 Å². The Morgan fingerprint density at radius 3 is 2.58 bits per heavy atom. The molecular weight excluding hydrogens is 378 g/mol. The first kappa shape index (κ1) is 16.3. The van der Waals surface area contributed by atoms with Crippen molar-refractivity contribution in [3.63, 3.8) is 0 Å². The first-order valence-corrected chi connectivity index (χ1v) is 7.99. The summed E-state index contributed by atoms with van der Waals surface area (Å²) in [6.07, 6.45) is 0. The van der Waals surface area contributed by atoms with Gasteiger partial charge in [-0.1, -0.05) is 34.1 Å². The Morgan fingerprint density at radius 2 is 1.83 bits per heavy atom. The Balaban J connectivity index is 1.50. The van der Waals surface area contributed by atoms with Crippen LogP contribution in [0.15, 0.2) is 46.9 Å². The second-order valence-corrected chi connectivity index (χ2v) is 5.86. The average molecular weight is 392 g/mol. The molecule has 2 aromatic rings. The van der Waals surface area contributed by atoms with Gasteiger partial charge in [0.25, 0.3) is 5.91 Å². The molecule has 7 heteroatoms. The SMILES string of the molecule is O=C(CNC(=O)c1ccccc1)OCc1cc2c(cc1Br)OCO2. The molecule has 0 aromatic heterocycles. The number of carbonyl (C=O) groups is 2. The monoisotopic (exact) mass is 391 g/mol. The van der Waals surface area contributed by atoms with Gasteiger partial charge in [0.05, 0.1) is 0 Å². The maximum Gasteiger partial charge on any atom is 0.325 e. The molecule has 2 aromatic carbocycles. The van der Waals surface area contributed by atoms with Crippen LogP contribution >= 0.6 is 15.9 Å². The molecule has 0 radical (unpaired) electrons. The lowest BCUT2D eigenvalue weighted by atomic mass is 10.2. The van der Waals surface area contributed by atoms with Crippen molar-refractivity contribution in [2.75, 3.05) is 13.3 Å². The third kappa shape index (κ3) is 3.86. The van der Waals surface area contributed by atoms with Gasteiger partial charge in [0.2, 0.25) is 6.79 Å². The minimum atomic E-state index is -0.524. The summed E-state index contributed by atoms with van der Waals surface area (Å²) < 4.78 is 16.5. The average Bonchev–Trinajstić information content (AvgIpc) is 3.05. The molecule has 1 aliphatic heterocycles. The van der Waals surface area contributed by atoms with E-state index in [-0.39, 0.29) is 25.9 Å². The molecule has 1 aliphatic rings. The van der Waals surface area contributed by atoms with Crippen molar-refractivity contribution in [1.82, 2.24) is 5.32 Å². The van der Waals surface area contributed by atoms with E-state index in [9.17, 15) is 9.59 Å². The summed E-state index contributed by atoms with van der Waals surface area (Å²) in [5, 5.41) is 2.52. The highest BCUT2D eigenvalue weighted by atomic mass is 79.9. The quantitative estimate of drug-likeness (QED) is 0.793. The van der Waals surface area contributed by atoms with Crippen LogP contribution in [0.1, 0.15) is 15.9 Å². The van der Waals surface area contributed by atoms with Gasteiger partial charge in [-0.25, -0.2) is 0 Å². The van der Waals surface area contributed by atoms with Crippen molar-refractivity contribution in [2.24, 2.45) is 0 Å². The lowest BCUT2D eigenvalue weighted by Crippen LogP contribution is -2.30. The maximum atomic E-state index is 11.8. The molecule has 0 bridgehead atoms. The summed E-state index contributed by atoms with van der Waals surface area (Å²) in [6, 6.07) is 12.2. The fraction of sp³-hybridized carbons (Fsp3) is 0.176. The highest BCUT2D eigenvalue weighted by Gasteiger charge is 2.17. The van der Waals surface area contributed by atoms with Gasteiger partial charge in [0.1, 0.15) is 13.2 Å². The first-order valence-electron chi connectivity index (χ1n) is 7.20. The van der Waals surface area contributed by atoms with E-state index < -0.39 is 5.97 Å². The second kappa shape index (κ2) is 7.35. The number of esters is 1. The lowest BCUT2D eigenvalue weighted by molar-refractivity contribution is -0.143. The van der Waals surface area contributed by atoms with E-state index in [4.69, 9.17) is 14.2 Å². The highest BCUT2D eigenvalue weighted by molar-refractivity contribution is 9.10. The van der Waals surface area contributed by atoms with Crippen LogP contribution in [0.25, 0.3) is 0 Å². The van der Waals surface area contributed by atoms with E-state index >= 15 is 0 Å². The van der Waals surface area contributed by atoms with Crippen LogP contribution in [0.3, 0.4) is 0 Å². The normalized spacial score (nSPS) is 11.9. The van der Waals surface area contributed by atoms with Crippen LogP contribution < -0.4 is 14.8 Å². The van der Waals surface area contributed by atoms with Gasteiger partial charge in [0, 0.05) is 15.6 Å². The van der Waals surface area contributed by atoms with Crippen molar-refractivity contribution >= 4 is 27.8 Å². The standard InChI is InChI=1S/C17H14BrNO5/c18-13-7-15-14(23-10-24-15)6-12(13)9-22-16(20)8-19-17(21)11-4-2-1-3-5-11/h1-7H,8-10H2,(H,19,21).